The lowest BCUT2D eigenvalue weighted by atomic mass is 10.1. The normalized spacial score (nSPS) is 17.3. The van der Waals surface area contributed by atoms with Gasteiger partial charge < -0.3 is 28.9 Å². The van der Waals surface area contributed by atoms with Gasteiger partial charge in [-0.15, -0.1) is 0 Å². The van der Waals surface area contributed by atoms with E-state index in [1.807, 2.05) is 59.5 Å². The van der Waals surface area contributed by atoms with Crippen LogP contribution in [-0.4, -0.2) is 103 Å². The summed E-state index contributed by atoms with van der Waals surface area (Å²) in [5.74, 6) is 0.714. The molecule has 1 saturated carbocycles. The molecular formula is C27H36N4O8. The molecule has 1 atom stereocenters. The first-order valence-corrected chi connectivity index (χ1v) is 13.0. The molecule has 0 aromatic heterocycles. The highest BCUT2D eigenvalue weighted by atomic mass is 17.1. The highest BCUT2D eigenvalue weighted by Gasteiger charge is 2.41. The summed E-state index contributed by atoms with van der Waals surface area (Å²) in [6.45, 7) is 1.73. The Morgan fingerprint density at radius 1 is 0.949 bits per heavy atom. The Morgan fingerprint density at radius 3 is 2.33 bits per heavy atom. The number of hydrogen-bond acceptors (Lipinski definition) is 10. The number of ether oxygens (including phenoxy) is 3. The number of hydrogen-bond donors (Lipinski definition) is 2. The van der Waals surface area contributed by atoms with Gasteiger partial charge in [-0.2, -0.15) is 0 Å². The molecule has 1 aliphatic carbocycles. The van der Waals surface area contributed by atoms with Gasteiger partial charge in [0, 0.05) is 31.4 Å². The zero-order chi connectivity index (χ0) is 27.6. The van der Waals surface area contributed by atoms with Crippen molar-refractivity contribution in [1.29, 1.82) is 0 Å². The summed E-state index contributed by atoms with van der Waals surface area (Å²) < 4.78 is 15.9. The van der Waals surface area contributed by atoms with Gasteiger partial charge in [0.2, 0.25) is 5.91 Å². The molecule has 212 valence electrons. The standard InChI is InChI=1S/C27H36N4O8/c1-36-24-11-9-22(10-12-24)29-14-13-28(27(33)38-17-15-37-16-18-39-31(34)35)20-25(29)26(32)30(23-7-8-23)19-21-5-3-2-4-6-21/h2-6,9-12,23,25,34-35H,7-8,13-20H2,1H3/t25-/m1/s1. The van der Waals surface area contributed by atoms with E-state index in [4.69, 9.17) is 24.6 Å². The van der Waals surface area contributed by atoms with Gasteiger partial charge in [0.15, 0.2) is 0 Å². The SMILES string of the molecule is COc1ccc(N2CCN(C(=O)OCCOCCON(O)O)C[C@@H]2C(=O)N(Cc2ccccc2)C2CC2)cc1. The topological polar surface area (TPSA) is 124 Å². The van der Waals surface area contributed by atoms with Crippen LogP contribution in [0.5, 0.6) is 5.75 Å². The highest BCUT2D eigenvalue weighted by molar-refractivity contribution is 5.87. The molecular weight excluding hydrogens is 508 g/mol. The molecule has 0 radical (unpaired) electrons. The van der Waals surface area contributed by atoms with E-state index in [2.05, 4.69) is 9.74 Å². The zero-order valence-electron chi connectivity index (χ0n) is 22.1. The molecule has 2 amide bonds. The maximum absolute atomic E-state index is 14.1. The van der Waals surface area contributed by atoms with Gasteiger partial charge in [0.25, 0.3) is 0 Å². The second-order valence-corrected chi connectivity index (χ2v) is 9.35. The number of benzene rings is 2. The van der Waals surface area contributed by atoms with Crippen LogP contribution in [0.15, 0.2) is 54.6 Å². The summed E-state index contributed by atoms with van der Waals surface area (Å²) in [7, 11) is 1.61. The molecule has 2 fully saturated rings. The Kier molecular flexibility index (Phi) is 10.3. The van der Waals surface area contributed by atoms with E-state index in [-0.39, 0.29) is 44.9 Å². The van der Waals surface area contributed by atoms with E-state index in [1.165, 1.54) is 0 Å². The Morgan fingerprint density at radius 2 is 1.67 bits per heavy atom. The van der Waals surface area contributed by atoms with Crippen LogP contribution >= 0.6 is 0 Å². The molecule has 4 rings (SSSR count). The van der Waals surface area contributed by atoms with Gasteiger partial charge in [-0.05, 0) is 42.7 Å². The molecule has 12 heteroatoms. The fourth-order valence-electron chi connectivity index (χ4n) is 4.55. The molecule has 12 nitrogen and oxygen atoms in total. The molecule has 2 aromatic carbocycles. The van der Waals surface area contributed by atoms with E-state index in [0.717, 1.165) is 29.8 Å². The minimum atomic E-state index is -0.572. The monoisotopic (exact) mass is 544 g/mol. The van der Waals surface area contributed by atoms with E-state index in [9.17, 15) is 9.59 Å². The molecule has 1 saturated heterocycles. The van der Waals surface area contributed by atoms with Crippen LogP contribution in [0.1, 0.15) is 18.4 Å². The average Bonchev–Trinajstić information content (AvgIpc) is 3.80. The fourth-order valence-corrected chi connectivity index (χ4v) is 4.55. The van der Waals surface area contributed by atoms with Crippen LogP contribution in [0.25, 0.3) is 0 Å². The maximum atomic E-state index is 14.1. The number of amides is 2. The van der Waals surface area contributed by atoms with Crippen LogP contribution in [-0.2, 0) is 25.7 Å². The van der Waals surface area contributed by atoms with Gasteiger partial charge >= 0.3 is 6.09 Å². The molecule has 1 heterocycles. The average molecular weight is 545 g/mol. The first kappa shape index (κ1) is 28.6. The first-order valence-electron chi connectivity index (χ1n) is 13.0. The van der Waals surface area contributed by atoms with Gasteiger partial charge in [-0.3, -0.25) is 15.2 Å². The Bertz CT molecular complexity index is 1050. The predicted octanol–water partition coefficient (Wildman–Crippen LogP) is 2.54. The van der Waals surface area contributed by atoms with E-state index in [0.29, 0.717) is 19.6 Å². The van der Waals surface area contributed by atoms with Gasteiger partial charge in [-0.1, -0.05) is 30.3 Å². The van der Waals surface area contributed by atoms with Crippen molar-refractivity contribution in [2.24, 2.45) is 0 Å². The van der Waals surface area contributed by atoms with Crippen LogP contribution in [0.3, 0.4) is 0 Å². The summed E-state index contributed by atoms with van der Waals surface area (Å²) in [6.07, 6.45) is 1.43. The van der Waals surface area contributed by atoms with Gasteiger partial charge in [0.05, 0.1) is 38.9 Å². The van der Waals surface area contributed by atoms with Crippen LogP contribution in [0, 0.1) is 0 Å². The number of nitrogens with zero attached hydrogens (tertiary/aromatic N) is 4. The number of methoxy groups -OCH3 is 1. The number of anilines is 1. The number of rotatable bonds is 13. The third-order valence-electron chi connectivity index (χ3n) is 6.68. The Hall–Kier alpha value is -3.42. The molecule has 2 aromatic rings. The first-order chi connectivity index (χ1) is 19.0. The van der Waals surface area contributed by atoms with E-state index >= 15 is 0 Å². The lowest BCUT2D eigenvalue weighted by Gasteiger charge is -2.43. The predicted molar refractivity (Wildman–Crippen MR) is 139 cm³/mol. The molecule has 1 aliphatic heterocycles. The number of carbonyl (C=O) groups is 2. The quantitative estimate of drug-likeness (QED) is 0.287. The molecule has 39 heavy (non-hydrogen) atoms. The molecule has 0 spiro atoms. The number of piperazine rings is 1. The minimum absolute atomic E-state index is 0.0141. The molecule has 2 N–H and O–H groups in total. The molecule has 0 unspecified atom stereocenters. The third-order valence-corrected chi connectivity index (χ3v) is 6.68. The summed E-state index contributed by atoms with van der Waals surface area (Å²) in [5.41, 5.74) is 1.95. The van der Waals surface area contributed by atoms with Crippen molar-refractivity contribution in [3.63, 3.8) is 0 Å². The fraction of sp³-hybridized carbons (Fsp3) is 0.481. The van der Waals surface area contributed by atoms with Crippen LogP contribution in [0.2, 0.25) is 0 Å². The van der Waals surface area contributed by atoms with Crippen LogP contribution in [0.4, 0.5) is 10.5 Å². The summed E-state index contributed by atoms with van der Waals surface area (Å²) in [4.78, 5) is 36.9. The largest absolute Gasteiger partial charge is 0.497 e. The van der Waals surface area contributed by atoms with Crippen molar-refractivity contribution in [1.82, 2.24) is 15.2 Å². The highest BCUT2D eigenvalue weighted by Crippen LogP contribution is 2.32. The second kappa shape index (κ2) is 14.1. The van der Waals surface area contributed by atoms with Crippen LogP contribution < -0.4 is 9.64 Å². The van der Waals surface area contributed by atoms with Crippen molar-refractivity contribution in [2.75, 3.05) is 58.1 Å². The van der Waals surface area contributed by atoms with Crippen molar-refractivity contribution in [3.8, 4) is 5.75 Å². The summed E-state index contributed by atoms with van der Waals surface area (Å²) >= 11 is 0. The van der Waals surface area contributed by atoms with E-state index in [1.54, 1.807) is 12.0 Å². The van der Waals surface area contributed by atoms with Gasteiger partial charge in [-0.25, -0.2) is 9.63 Å². The van der Waals surface area contributed by atoms with Gasteiger partial charge in [0.1, 0.15) is 18.4 Å². The van der Waals surface area contributed by atoms with Crippen molar-refractivity contribution >= 4 is 17.7 Å². The van der Waals surface area contributed by atoms with Crippen molar-refractivity contribution < 1.29 is 39.1 Å². The summed E-state index contributed by atoms with van der Waals surface area (Å²) in [5, 5.41) is 16.6. The minimum Gasteiger partial charge on any atom is -0.497 e. The lowest BCUT2D eigenvalue weighted by Crippen LogP contribution is -2.61. The summed E-state index contributed by atoms with van der Waals surface area (Å²) in [6, 6.07) is 17.2. The van der Waals surface area contributed by atoms with Crippen molar-refractivity contribution in [3.05, 3.63) is 60.2 Å². The smallest absolute Gasteiger partial charge is 0.409 e. The molecule has 2 aliphatic rings. The number of carbonyl (C=O) groups excluding carboxylic acids is 2. The maximum Gasteiger partial charge on any atom is 0.409 e. The lowest BCUT2D eigenvalue weighted by molar-refractivity contribution is -0.493. The Labute approximate surface area is 227 Å². The van der Waals surface area contributed by atoms with E-state index < -0.39 is 17.5 Å². The third kappa shape index (κ3) is 8.28. The second-order valence-electron chi connectivity index (χ2n) is 9.35. The Balaban J connectivity index is 1.42. The van der Waals surface area contributed by atoms with Crippen molar-refractivity contribution in [2.45, 2.75) is 31.5 Å². The zero-order valence-corrected chi connectivity index (χ0v) is 22.1. The molecule has 0 bridgehead atoms.